The number of morpholine rings is 1. The van der Waals surface area contributed by atoms with Gasteiger partial charge in [-0.1, -0.05) is 19.1 Å². The van der Waals surface area contributed by atoms with Crippen LogP contribution in [-0.2, 0) is 14.3 Å². The van der Waals surface area contributed by atoms with Crippen molar-refractivity contribution in [3.8, 4) is 0 Å². The van der Waals surface area contributed by atoms with Gasteiger partial charge in [-0.15, -0.1) is 0 Å². The molecule has 0 aromatic heterocycles. The second kappa shape index (κ2) is 9.08. The molecule has 0 saturated carbocycles. The van der Waals surface area contributed by atoms with Crippen molar-refractivity contribution < 1.29 is 19.1 Å². The third-order valence-corrected chi connectivity index (χ3v) is 3.74. The Morgan fingerprint density at radius 1 is 1.33 bits per heavy atom. The van der Waals surface area contributed by atoms with Crippen LogP contribution in [0.3, 0.4) is 0 Å². The predicted molar refractivity (Wildman–Crippen MR) is 92.7 cm³/mol. The Labute approximate surface area is 142 Å². The average Bonchev–Trinajstić information content (AvgIpc) is 2.61. The Hall–Kier alpha value is -2.34. The van der Waals surface area contributed by atoms with Crippen molar-refractivity contribution in [1.29, 1.82) is 0 Å². The average molecular weight is 332 g/mol. The molecule has 2 amide bonds. The molecule has 1 saturated heterocycles. The van der Waals surface area contributed by atoms with E-state index in [9.17, 15) is 9.59 Å². The van der Waals surface area contributed by atoms with E-state index in [4.69, 9.17) is 9.47 Å². The van der Waals surface area contributed by atoms with Gasteiger partial charge >= 0.3 is 12.0 Å². The molecule has 0 spiro atoms. The molecule has 2 rings (SSSR count). The zero-order valence-electron chi connectivity index (χ0n) is 14.2. The van der Waals surface area contributed by atoms with E-state index < -0.39 is 0 Å². The van der Waals surface area contributed by atoms with Crippen LogP contribution in [0.25, 0.3) is 6.08 Å². The Bertz CT molecular complexity index is 583. The van der Waals surface area contributed by atoms with Crippen LogP contribution < -0.4 is 5.32 Å². The highest BCUT2D eigenvalue weighted by Crippen LogP contribution is 2.14. The van der Waals surface area contributed by atoms with Crippen LogP contribution in [0.2, 0.25) is 0 Å². The Balaban J connectivity index is 1.89. The molecule has 0 bridgehead atoms. The summed E-state index contributed by atoms with van der Waals surface area (Å²) in [6.45, 7) is 5.96. The molecule has 1 heterocycles. The van der Waals surface area contributed by atoms with Crippen LogP contribution in [0, 0.1) is 0 Å². The smallest absolute Gasteiger partial charge is 0.330 e. The lowest BCUT2D eigenvalue weighted by molar-refractivity contribution is -0.137. The number of anilines is 1. The van der Waals surface area contributed by atoms with Gasteiger partial charge in [0.05, 0.1) is 19.3 Å². The van der Waals surface area contributed by atoms with Gasteiger partial charge in [-0.05, 0) is 37.1 Å². The molecule has 6 nitrogen and oxygen atoms in total. The van der Waals surface area contributed by atoms with Crippen LogP contribution in [0.1, 0.15) is 25.8 Å². The Kier molecular flexibility index (Phi) is 6.81. The lowest BCUT2D eigenvalue weighted by Crippen LogP contribution is -2.47. The first-order valence-electron chi connectivity index (χ1n) is 8.24. The van der Waals surface area contributed by atoms with Gasteiger partial charge in [-0.25, -0.2) is 9.59 Å². The number of esters is 1. The zero-order valence-corrected chi connectivity index (χ0v) is 14.2. The van der Waals surface area contributed by atoms with Gasteiger partial charge < -0.3 is 19.7 Å². The van der Waals surface area contributed by atoms with Gasteiger partial charge in [0.25, 0.3) is 0 Å². The molecule has 1 aromatic carbocycles. The van der Waals surface area contributed by atoms with Gasteiger partial charge in [-0.2, -0.15) is 0 Å². The summed E-state index contributed by atoms with van der Waals surface area (Å²) >= 11 is 0. The van der Waals surface area contributed by atoms with E-state index in [0.29, 0.717) is 32.0 Å². The molecule has 24 heavy (non-hydrogen) atoms. The largest absolute Gasteiger partial charge is 0.463 e. The third kappa shape index (κ3) is 5.38. The number of nitrogens with one attached hydrogen (secondary N) is 1. The number of carbonyl (C=O) groups excluding carboxylic acids is 2. The molecular formula is C18H24N2O4. The van der Waals surface area contributed by atoms with Gasteiger partial charge in [0.15, 0.2) is 0 Å². The standard InChI is InChI=1S/C18H24N2O4/c1-3-16-13-20(11-12-24-16)18(22)19-15-8-5-14(6-9-15)7-10-17(21)23-4-2/h5-10,16H,3-4,11-13H2,1-2H3,(H,19,22)/b10-7+. The molecule has 1 fully saturated rings. The third-order valence-electron chi connectivity index (χ3n) is 3.74. The van der Waals surface area contributed by atoms with Gasteiger partial charge in [0, 0.05) is 24.9 Å². The molecule has 130 valence electrons. The van der Waals surface area contributed by atoms with E-state index >= 15 is 0 Å². The number of amides is 2. The first kappa shape index (κ1) is 18.0. The fourth-order valence-corrected chi connectivity index (χ4v) is 2.39. The second-order valence-electron chi connectivity index (χ2n) is 5.48. The van der Waals surface area contributed by atoms with Crippen molar-refractivity contribution in [2.45, 2.75) is 26.4 Å². The van der Waals surface area contributed by atoms with Crippen molar-refractivity contribution >= 4 is 23.8 Å². The summed E-state index contributed by atoms with van der Waals surface area (Å²) in [6.07, 6.45) is 4.07. The van der Waals surface area contributed by atoms with Crippen LogP contribution in [-0.4, -0.2) is 49.3 Å². The maximum atomic E-state index is 12.3. The van der Waals surface area contributed by atoms with Gasteiger partial charge in [0.2, 0.25) is 0 Å². The zero-order chi connectivity index (χ0) is 17.4. The summed E-state index contributed by atoms with van der Waals surface area (Å²) in [7, 11) is 0. The van der Waals surface area contributed by atoms with Crippen LogP contribution >= 0.6 is 0 Å². The number of urea groups is 1. The highest BCUT2D eigenvalue weighted by molar-refractivity contribution is 5.90. The summed E-state index contributed by atoms with van der Waals surface area (Å²) in [6, 6.07) is 7.16. The van der Waals surface area contributed by atoms with E-state index in [-0.39, 0.29) is 18.1 Å². The van der Waals surface area contributed by atoms with Crippen molar-refractivity contribution in [3.63, 3.8) is 0 Å². The number of hydrogen-bond acceptors (Lipinski definition) is 4. The molecule has 1 N–H and O–H groups in total. The lowest BCUT2D eigenvalue weighted by Gasteiger charge is -2.32. The fraction of sp³-hybridized carbons (Fsp3) is 0.444. The molecule has 0 aliphatic carbocycles. The molecular weight excluding hydrogens is 308 g/mol. The van der Waals surface area contributed by atoms with E-state index in [2.05, 4.69) is 12.2 Å². The lowest BCUT2D eigenvalue weighted by atomic mass is 10.2. The predicted octanol–water partition coefficient (Wildman–Crippen LogP) is 2.91. The summed E-state index contributed by atoms with van der Waals surface area (Å²) in [5.74, 6) is -0.368. The van der Waals surface area contributed by atoms with E-state index in [0.717, 1.165) is 12.0 Å². The van der Waals surface area contributed by atoms with Crippen molar-refractivity contribution in [2.75, 3.05) is 31.6 Å². The van der Waals surface area contributed by atoms with Crippen molar-refractivity contribution in [3.05, 3.63) is 35.9 Å². The number of hydrogen-bond donors (Lipinski definition) is 1. The van der Waals surface area contributed by atoms with Crippen molar-refractivity contribution in [1.82, 2.24) is 4.90 Å². The highest BCUT2D eigenvalue weighted by Gasteiger charge is 2.22. The Morgan fingerprint density at radius 2 is 2.08 bits per heavy atom. The molecule has 1 atom stereocenters. The molecule has 1 aliphatic heterocycles. The second-order valence-corrected chi connectivity index (χ2v) is 5.48. The number of nitrogens with zero attached hydrogens (tertiary/aromatic N) is 1. The van der Waals surface area contributed by atoms with Gasteiger partial charge in [-0.3, -0.25) is 0 Å². The van der Waals surface area contributed by atoms with Crippen molar-refractivity contribution in [2.24, 2.45) is 0 Å². The SMILES string of the molecule is CCOC(=O)/C=C/c1ccc(NC(=O)N2CCOC(CC)C2)cc1. The van der Waals surface area contributed by atoms with Crippen LogP contribution in [0.5, 0.6) is 0 Å². The number of ether oxygens (including phenoxy) is 2. The minimum atomic E-state index is -0.368. The molecule has 6 heteroatoms. The van der Waals surface area contributed by atoms with Gasteiger partial charge in [0.1, 0.15) is 0 Å². The minimum Gasteiger partial charge on any atom is -0.463 e. The van der Waals surface area contributed by atoms with Crippen LogP contribution in [0.15, 0.2) is 30.3 Å². The first-order valence-corrected chi connectivity index (χ1v) is 8.24. The van der Waals surface area contributed by atoms with E-state index in [1.807, 2.05) is 12.1 Å². The first-order chi connectivity index (χ1) is 11.6. The monoisotopic (exact) mass is 332 g/mol. The summed E-state index contributed by atoms with van der Waals surface area (Å²) in [4.78, 5) is 25.3. The number of carbonyl (C=O) groups is 2. The molecule has 1 aliphatic rings. The van der Waals surface area contributed by atoms with E-state index in [1.54, 1.807) is 30.0 Å². The Morgan fingerprint density at radius 3 is 2.75 bits per heavy atom. The maximum absolute atomic E-state index is 12.3. The van der Waals surface area contributed by atoms with E-state index in [1.165, 1.54) is 6.08 Å². The molecule has 1 aromatic rings. The summed E-state index contributed by atoms with van der Waals surface area (Å²) < 4.78 is 10.4. The maximum Gasteiger partial charge on any atom is 0.330 e. The summed E-state index contributed by atoms with van der Waals surface area (Å²) in [5, 5.41) is 2.88. The van der Waals surface area contributed by atoms with Crippen LogP contribution in [0.4, 0.5) is 10.5 Å². The number of benzene rings is 1. The molecule has 0 radical (unpaired) electrons. The topological polar surface area (TPSA) is 67.9 Å². The normalized spacial score (nSPS) is 17.8. The molecule has 1 unspecified atom stereocenters. The highest BCUT2D eigenvalue weighted by atomic mass is 16.5. The fourth-order valence-electron chi connectivity index (χ4n) is 2.39. The number of rotatable bonds is 5. The minimum absolute atomic E-state index is 0.111. The summed E-state index contributed by atoms with van der Waals surface area (Å²) in [5.41, 5.74) is 1.58. The quantitative estimate of drug-likeness (QED) is 0.665.